The molecule has 1 aliphatic rings. The molecule has 0 atom stereocenters. The highest BCUT2D eigenvalue weighted by Gasteiger charge is 2.17. The standard InChI is InChI=1S/C18H20N6/c19-13-6-4-11(8-14(13)20)18-23-15-7-5-10(9-16(15)24-18)17(21)22-12-2-1-3-12/h4-9,12H,1-3,19-20H2,(H2,21,22)(H,23,24). The molecule has 1 fully saturated rings. The van der Waals surface area contributed by atoms with Gasteiger partial charge in [-0.25, -0.2) is 4.98 Å². The Labute approximate surface area is 139 Å². The third kappa shape index (κ3) is 2.56. The van der Waals surface area contributed by atoms with Crippen molar-refractivity contribution in [3.63, 3.8) is 0 Å². The van der Waals surface area contributed by atoms with Crippen LogP contribution >= 0.6 is 0 Å². The van der Waals surface area contributed by atoms with Gasteiger partial charge in [-0.2, -0.15) is 0 Å². The minimum Gasteiger partial charge on any atom is -0.397 e. The molecule has 1 aliphatic carbocycles. The third-order valence-electron chi connectivity index (χ3n) is 4.53. The number of amidine groups is 1. The van der Waals surface area contributed by atoms with Crippen LogP contribution < -0.4 is 17.2 Å². The molecule has 2 aromatic carbocycles. The van der Waals surface area contributed by atoms with E-state index in [4.69, 9.17) is 17.2 Å². The van der Waals surface area contributed by atoms with Crippen LogP contribution in [0, 0.1) is 0 Å². The van der Waals surface area contributed by atoms with Gasteiger partial charge in [0.05, 0.1) is 28.5 Å². The number of aromatic nitrogens is 2. The fourth-order valence-electron chi connectivity index (χ4n) is 2.81. The van der Waals surface area contributed by atoms with E-state index in [1.54, 1.807) is 6.07 Å². The van der Waals surface area contributed by atoms with Crippen LogP contribution in [0.1, 0.15) is 24.8 Å². The van der Waals surface area contributed by atoms with Crippen molar-refractivity contribution in [2.45, 2.75) is 25.3 Å². The van der Waals surface area contributed by atoms with Crippen LogP contribution in [0.3, 0.4) is 0 Å². The van der Waals surface area contributed by atoms with Gasteiger partial charge in [-0.3, -0.25) is 4.99 Å². The Morgan fingerprint density at radius 3 is 2.62 bits per heavy atom. The number of nitrogens with zero attached hydrogens (tertiary/aromatic N) is 2. The van der Waals surface area contributed by atoms with Crippen molar-refractivity contribution < 1.29 is 0 Å². The number of aromatic amines is 1. The van der Waals surface area contributed by atoms with Crippen LogP contribution in [-0.4, -0.2) is 21.8 Å². The Kier molecular flexibility index (Phi) is 3.37. The molecule has 3 aromatic rings. The first kappa shape index (κ1) is 14.6. The normalized spacial score (nSPS) is 15.6. The van der Waals surface area contributed by atoms with Crippen LogP contribution in [0.4, 0.5) is 11.4 Å². The van der Waals surface area contributed by atoms with Crippen molar-refractivity contribution >= 4 is 28.2 Å². The van der Waals surface area contributed by atoms with Gasteiger partial charge in [-0.15, -0.1) is 0 Å². The van der Waals surface area contributed by atoms with Gasteiger partial charge in [0.2, 0.25) is 0 Å². The molecular weight excluding hydrogens is 300 g/mol. The average Bonchev–Trinajstić information content (AvgIpc) is 2.96. The molecular formula is C18H20N6. The van der Waals surface area contributed by atoms with Gasteiger partial charge in [-0.05, 0) is 55.7 Å². The van der Waals surface area contributed by atoms with Gasteiger partial charge >= 0.3 is 0 Å². The maximum Gasteiger partial charge on any atom is 0.138 e. The van der Waals surface area contributed by atoms with E-state index in [0.29, 0.717) is 23.3 Å². The molecule has 0 aliphatic heterocycles. The van der Waals surface area contributed by atoms with E-state index in [2.05, 4.69) is 15.0 Å². The number of imidazole rings is 1. The molecule has 1 saturated carbocycles. The summed E-state index contributed by atoms with van der Waals surface area (Å²) in [5.74, 6) is 1.35. The first-order chi connectivity index (χ1) is 11.6. The van der Waals surface area contributed by atoms with E-state index in [0.717, 1.165) is 40.8 Å². The lowest BCUT2D eigenvalue weighted by molar-refractivity contribution is 0.420. The second-order valence-electron chi connectivity index (χ2n) is 6.26. The fraction of sp³-hybridized carbons (Fsp3) is 0.222. The second kappa shape index (κ2) is 5.56. The Morgan fingerprint density at radius 2 is 1.92 bits per heavy atom. The van der Waals surface area contributed by atoms with Crippen molar-refractivity contribution in [1.29, 1.82) is 0 Å². The molecule has 0 bridgehead atoms. The number of benzene rings is 2. The average molecular weight is 320 g/mol. The highest BCUT2D eigenvalue weighted by Crippen LogP contribution is 2.26. The molecule has 0 saturated heterocycles. The lowest BCUT2D eigenvalue weighted by atomic mass is 9.94. The van der Waals surface area contributed by atoms with Gasteiger partial charge in [0.1, 0.15) is 11.7 Å². The Balaban J connectivity index is 1.70. The molecule has 24 heavy (non-hydrogen) atoms. The highest BCUT2D eigenvalue weighted by molar-refractivity contribution is 6.00. The van der Waals surface area contributed by atoms with E-state index in [1.807, 2.05) is 30.3 Å². The Morgan fingerprint density at radius 1 is 1.08 bits per heavy atom. The van der Waals surface area contributed by atoms with Gasteiger partial charge < -0.3 is 22.2 Å². The number of hydrogen-bond donors (Lipinski definition) is 4. The molecule has 0 radical (unpaired) electrons. The molecule has 1 aromatic heterocycles. The van der Waals surface area contributed by atoms with Crippen LogP contribution in [0.15, 0.2) is 41.4 Å². The van der Waals surface area contributed by atoms with Crippen molar-refractivity contribution in [2.24, 2.45) is 10.7 Å². The fourth-order valence-corrected chi connectivity index (χ4v) is 2.81. The summed E-state index contributed by atoms with van der Waals surface area (Å²) in [6.07, 6.45) is 3.51. The molecule has 7 N–H and O–H groups in total. The summed E-state index contributed by atoms with van der Waals surface area (Å²) in [7, 11) is 0. The second-order valence-corrected chi connectivity index (χ2v) is 6.26. The quantitative estimate of drug-likeness (QED) is 0.337. The monoisotopic (exact) mass is 320 g/mol. The molecule has 0 amide bonds. The van der Waals surface area contributed by atoms with Crippen LogP contribution in [-0.2, 0) is 0 Å². The zero-order valence-electron chi connectivity index (χ0n) is 13.3. The molecule has 0 spiro atoms. The van der Waals surface area contributed by atoms with Crippen molar-refractivity contribution in [3.05, 3.63) is 42.0 Å². The molecule has 6 heteroatoms. The number of nitrogens with one attached hydrogen (secondary N) is 1. The number of aliphatic imine (C=N–C) groups is 1. The largest absolute Gasteiger partial charge is 0.397 e. The van der Waals surface area contributed by atoms with E-state index in [-0.39, 0.29) is 0 Å². The highest BCUT2D eigenvalue weighted by atomic mass is 14.9. The van der Waals surface area contributed by atoms with Crippen molar-refractivity contribution in [1.82, 2.24) is 9.97 Å². The molecule has 6 nitrogen and oxygen atoms in total. The van der Waals surface area contributed by atoms with Gasteiger partial charge in [0.25, 0.3) is 0 Å². The van der Waals surface area contributed by atoms with E-state index >= 15 is 0 Å². The summed E-state index contributed by atoms with van der Waals surface area (Å²) in [5, 5.41) is 0. The summed E-state index contributed by atoms with van der Waals surface area (Å²) in [6, 6.07) is 11.8. The zero-order chi connectivity index (χ0) is 16.7. The first-order valence-corrected chi connectivity index (χ1v) is 8.09. The number of hydrogen-bond acceptors (Lipinski definition) is 4. The molecule has 122 valence electrons. The number of nitrogens with two attached hydrogens (primary N) is 3. The lowest BCUT2D eigenvalue weighted by Crippen LogP contribution is -2.22. The van der Waals surface area contributed by atoms with Crippen LogP contribution in [0.2, 0.25) is 0 Å². The number of rotatable bonds is 3. The predicted molar refractivity (Wildman–Crippen MR) is 98.7 cm³/mol. The summed E-state index contributed by atoms with van der Waals surface area (Å²) in [6.45, 7) is 0. The summed E-state index contributed by atoms with van der Waals surface area (Å²) >= 11 is 0. The SMILES string of the molecule is NC(=NC1CCC1)c1ccc2nc(-c3ccc(N)c(N)c3)[nH]c2c1. The number of fused-ring (bicyclic) bond motifs is 1. The maximum atomic E-state index is 6.14. The van der Waals surface area contributed by atoms with Crippen molar-refractivity contribution in [3.8, 4) is 11.4 Å². The number of H-pyrrole nitrogens is 1. The first-order valence-electron chi connectivity index (χ1n) is 8.09. The molecule has 0 unspecified atom stereocenters. The summed E-state index contributed by atoms with van der Waals surface area (Å²) < 4.78 is 0. The van der Waals surface area contributed by atoms with Crippen LogP contribution in [0.5, 0.6) is 0 Å². The lowest BCUT2D eigenvalue weighted by Gasteiger charge is -2.21. The van der Waals surface area contributed by atoms with E-state index in [9.17, 15) is 0 Å². The summed E-state index contributed by atoms with van der Waals surface area (Å²) in [5.41, 5.74) is 22.5. The Hall–Kier alpha value is -3.02. The smallest absolute Gasteiger partial charge is 0.138 e. The van der Waals surface area contributed by atoms with E-state index in [1.165, 1.54) is 6.42 Å². The van der Waals surface area contributed by atoms with Gasteiger partial charge in [0, 0.05) is 11.1 Å². The maximum absolute atomic E-state index is 6.14. The minimum absolute atomic E-state index is 0.385. The zero-order valence-corrected chi connectivity index (χ0v) is 13.3. The summed E-state index contributed by atoms with van der Waals surface area (Å²) in [4.78, 5) is 12.5. The van der Waals surface area contributed by atoms with Gasteiger partial charge in [0.15, 0.2) is 0 Å². The van der Waals surface area contributed by atoms with Gasteiger partial charge in [-0.1, -0.05) is 0 Å². The Bertz CT molecular complexity index is 936. The van der Waals surface area contributed by atoms with Crippen molar-refractivity contribution in [2.75, 3.05) is 11.5 Å². The molecule has 1 heterocycles. The topological polar surface area (TPSA) is 119 Å². The third-order valence-corrected chi connectivity index (χ3v) is 4.53. The molecule has 4 rings (SSSR count). The number of anilines is 2. The van der Waals surface area contributed by atoms with E-state index < -0.39 is 0 Å². The minimum atomic E-state index is 0.385. The predicted octanol–water partition coefficient (Wildman–Crippen LogP) is 2.65. The number of nitrogen functional groups attached to an aromatic ring is 2. The van der Waals surface area contributed by atoms with Crippen LogP contribution in [0.25, 0.3) is 22.4 Å².